The van der Waals surface area contributed by atoms with Gasteiger partial charge in [-0.1, -0.05) is 49.6 Å². The smallest absolute Gasteiger partial charge is 0.237 e. The minimum atomic E-state index is -3.32. The SMILES string of the molecule is CC(C(=O)NC1CCCCC1)N1CCN(S(=O)(=O)Cc2ccccc2)CC1. The summed E-state index contributed by atoms with van der Waals surface area (Å²) in [5.41, 5.74) is 0.806. The highest BCUT2D eigenvalue weighted by Crippen LogP contribution is 2.18. The molecule has 0 radical (unpaired) electrons. The Morgan fingerprint density at radius 2 is 1.70 bits per heavy atom. The van der Waals surface area contributed by atoms with Gasteiger partial charge in [-0.2, -0.15) is 4.31 Å². The summed E-state index contributed by atoms with van der Waals surface area (Å²) in [5.74, 6) is 0.105. The van der Waals surface area contributed by atoms with Crippen LogP contribution in [0.3, 0.4) is 0 Å². The minimum Gasteiger partial charge on any atom is -0.352 e. The summed E-state index contributed by atoms with van der Waals surface area (Å²) in [6.45, 7) is 3.99. The van der Waals surface area contributed by atoms with Crippen LogP contribution in [0, 0.1) is 0 Å². The average Bonchev–Trinajstić information content (AvgIpc) is 2.69. The molecule has 1 aromatic carbocycles. The molecule has 27 heavy (non-hydrogen) atoms. The van der Waals surface area contributed by atoms with Crippen molar-refractivity contribution in [2.45, 2.75) is 56.9 Å². The Balaban J connectivity index is 1.49. The monoisotopic (exact) mass is 393 g/mol. The number of hydrogen-bond donors (Lipinski definition) is 1. The highest BCUT2D eigenvalue weighted by molar-refractivity contribution is 7.88. The molecule has 1 unspecified atom stereocenters. The van der Waals surface area contributed by atoms with Gasteiger partial charge in [0.2, 0.25) is 15.9 Å². The van der Waals surface area contributed by atoms with Gasteiger partial charge in [-0.05, 0) is 25.3 Å². The van der Waals surface area contributed by atoms with Gasteiger partial charge >= 0.3 is 0 Å². The highest BCUT2D eigenvalue weighted by atomic mass is 32.2. The van der Waals surface area contributed by atoms with Crippen molar-refractivity contribution in [3.05, 3.63) is 35.9 Å². The van der Waals surface area contributed by atoms with Gasteiger partial charge < -0.3 is 5.32 Å². The lowest BCUT2D eigenvalue weighted by molar-refractivity contribution is -0.127. The van der Waals surface area contributed by atoms with E-state index in [0.717, 1.165) is 18.4 Å². The Morgan fingerprint density at radius 1 is 1.07 bits per heavy atom. The van der Waals surface area contributed by atoms with Crippen molar-refractivity contribution in [3.63, 3.8) is 0 Å². The number of piperazine rings is 1. The third kappa shape index (κ3) is 5.53. The second-order valence-corrected chi connectivity index (χ2v) is 9.67. The largest absolute Gasteiger partial charge is 0.352 e. The molecule has 1 saturated carbocycles. The summed E-state index contributed by atoms with van der Waals surface area (Å²) in [4.78, 5) is 14.6. The molecule has 7 heteroatoms. The van der Waals surface area contributed by atoms with Gasteiger partial charge in [0.15, 0.2) is 0 Å². The second-order valence-electron chi connectivity index (χ2n) is 7.70. The van der Waals surface area contributed by atoms with Crippen molar-refractivity contribution in [3.8, 4) is 0 Å². The third-order valence-electron chi connectivity index (χ3n) is 5.74. The fourth-order valence-electron chi connectivity index (χ4n) is 3.98. The third-order valence-corrected chi connectivity index (χ3v) is 7.59. The fraction of sp³-hybridized carbons (Fsp3) is 0.650. The van der Waals surface area contributed by atoms with Crippen LogP contribution in [0.15, 0.2) is 30.3 Å². The predicted molar refractivity (Wildman–Crippen MR) is 107 cm³/mol. The summed E-state index contributed by atoms with van der Waals surface area (Å²) < 4.78 is 26.9. The summed E-state index contributed by atoms with van der Waals surface area (Å²) in [6, 6.07) is 9.36. The first-order valence-corrected chi connectivity index (χ1v) is 11.6. The van der Waals surface area contributed by atoms with Crippen molar-refractivity contribution < 1.29 is 13.2 Å². The Hall–Kier alpha value is -1.44. The van der Waals surface area contributed by atoms with Crippen molar-refractivity contribution >= 4 is 15.9 Å². The molecule has 0 bridgehead atoms. The molecule has 2 aliphatic rings. The van der Waals surface area contributed by atoms with Gasteiger partial charge in [0, 0.05) is 32.2 Å². The summed E-state index contributed by atoms with van der Waals surface area (Å²) in [6.07, 6.45) is 5.80. The number of rotatable bonds is 6. The molecule has 0 aromatic heterocycles. The molecule has 1 aliphatic carbocycles. The minimum absolute atomic E-state index is 0.0333. The van der Waals surface area contributed by atoms with E-state index in [1.165, 1.54) is 19.3 Å². The van der Waals surface area contributed by atoms with Crippen molar-refractivity contribution in [2.75, 3.05) is 26.2 Å². The molecular weight excluding hydrogens is 362 g/mol. The molecule has 2 fully saturated rings. The molecule has 1 heterocycles. The predicted octanol–water partition coefficient (Wildman–Crippen LogP) is 1.97. The van der Waals surface area contributed by atoms with Crippen LogP contribution in [0.25, 0.3) is 0 Å². The van der Waals surface area contributed by atoms with E-state index >= 15 is 0 Å². The van der Waals surface area contributed by atoms with Gasteiger partial charge in [-0.3, -0.25) is 9.69 Å². The first-order valence-electron chi connectivity index (χ1n) is 10.0. The van der Waals surface area contributed by atoms with E-state index in [9.17, 15) is 13.2 Å². The molecule has 1 aliphatic heterocycles. The van der Waals surface area contributed by atoms with E-state index in [1.54, 1.807) is 4.31 Å². The number of hydrogen-bond acceptors (Lipinski definition) is 4. The number of sulfonamides is 1. The van der Waals surface area contributed by atoms with Gasteiger partial charge in [0.1, 0.15) is 0 Å². The second kappa shape index (κ2) is 9.17. The fourth-order valence-corrected chi connectivity index (χ4v) is 5.50. The first kappa shape index (κ1) is 20.3. The van der Waals surface area contributed by atoms with Crippen LogP contribution in [-0.4, -0.2) is 61.8 Å². The van der Waals surface area contributed by atoms with E-state index in [-0.39, 0.29) is 17.7 Å². The van der Waals surface area contributed by atoms with Crippen molar-refractivity contribution in [1.29, 1.82) is 0 Å². The topological polar surface area (TPSA) is 69.7 Å². The lowest BCUT2D eigenvalue weighted by Gasteiger charge is -2.37. The van der Waals surface area contributed by atoms with Crippen LogP contribution < -0.4 is 5.32 Å². The maximum atomic E-state index is 12.7. The number of carbonyl (C=O) groups excluding carboxylic acids is 1. The van der Waals surface area contributed by atoms with Crippen LogP contribution in [0.4, 0.5) is 0 Å². The van der Waals surface area contributed by atoms with Crippen molar-refractivity contribution in [1.82, 2.24) is 14.5 Å². The van der Waals surface area contributed by atoms with Crippen LogP contribution in [0.2, 0.25) is 0 Å². The molecule has 1 saturated heterocycles. The van der Waals surface area contributed by atoms with Crippen LogP contribution in [-0.2, 0) is 20.6 Å². The normalized spacial score (nSPS) is 21.7. The molecule has 1 aromatic rings. The number of benzene rings is 1. The van der Waals surface area contributed by atoms with Gasteiger partial charge in [0.25, 0.3) is 0 Å². The Labute approximate surface area is 163 Å². The Bertz CT molecular complexity index is 709. The quantitative estimate of drug-likeness (QED) is 0.802. The van der Waals surface area contributed by atoms with E-state index in [2.05, 4.69) is 10.2 Å². The Morgan fingerprint density at radius 3 is 2.33 bits per heavy atom. The molecule has 1 amide bonds. The van der Waals surface area contributed by atoms with Crippen LogP contribution in [0.5, 0.6) is 0 Å². The number of amides is 1. The molecular formula is C20H31N3O3S. The van der Waals surface area contributed by atoms with Gasteiger partial charge in [-0.25, -0.2) is 8.42 Å². The summed E-state index contributed by atoms with van der Waals surface area (Å²) >= 11 is 0. The van der Waals surface area contributed by atoms with Gasteiger partial charge in [0.05, 0.1) is 11.8 Å². The summed E-state index contributed by atoms with van der Waals surface area (Å²) in [5, 5.41) is 3.18. The van der Waals surface area contributed by atoms with E-state index < -0.39 is 10.0 Å². The zero-order valence-corrected chi connectivity index (χ0v) is 17.0. The number of nitrogens with one attached hydrogen (secondary N) is 1. The van der Waals surface area contributed by atoms with Gasteiger partial charge in [-0.15, -0.1) is 0 Å². The zero-order chi connectivity index (χ0) is 19.3. The lowest BCUT2D eigenvalue weighted by Crippen LogP contribution is -2.56. The zero-order valence-electron chi connectivity index (χ0n) is 16.1. The van der Waals surface area contributed by atoms with E-state index in [1.807, 2.05) is 37.3 Å². The lowest BCUT2D eigenvalue weighted by atomic mass is 9.95. The summed E-state index contributed by atoms with van der Waals surface area (Å²) in [7, 11) is -3.32. The molecule has 150 valence electrons. The van der Waals surface area contributed by atoms with Crippen LogP contribution >= 0.6 is 0 Å². The van der Waals surface area contributed by atoms with Crippen LogP contribution in [0.1, 0.15) is 44.6 Å². The molecule has 6 nitrogen and oxygen atoms in total. The molecule has 0 spiro atoms. The maximum absolute atomic E-state index is 12.7. The number of nitrogens with zero attached hydrogens (tertiary/aromatic N) is 2. The maximum Gasteiger partial charge on any atom is 0.237 e. The molecule has 1 N–H and O–H groups in total. The van der Waals surface area contributed by atoms with E-state index in [4.69, 9.17) is 0 Å². The molecule has 3 rings (SSSR count). The number of carbonyl (C=O) groups is 1. The highest BCUT2D eigenvalue weighted by Gasteiger charge is 2.31. The Kier molecular flexibility index (Phi) is 6.89. The van der Waals surface area contributed by atoms with E-state index in [0.29, 0.717) is 32.2 Å². The average molecular weight is 394 g/mol. The molecule has 1 atom stereocenters. The standard InChI is InChI=1S/C20H31N3O3S/c1-17(20(24)21-19-10-6-3-7-11-19)22-12-14-23(15-13-22)27(25,26)16-18-8-4-2-5-9-18/h2,4-5,8-9,17,19H,3,6-7,10-16H2,1H3,(H,21,24). The van der Waals surface area contributed by atoms with Crippen molar-refractivity contribution in [2.24, 2.45) is 0 Å². The first-order chi connectivity index (χ1) is 13.0.